The summed E-state index contributed by atoms with van der Waals surface area (Å²) in [5.41, 5.74) is 1.02. The molecule has 4 nitrogen and oxygen atoms in total. The van der Waals surface area contributed by atoms with Gasteiger partial charge < -0.3 is 9.47 Å². The van der Waals surface area contributed by atoms with Crippen LogP contribution >= 0.6 is 11.3 Å². The first-order chi connectivity index (χ1) is 10.7. The number of aromatic nitrogens is 1. The summed E-state index contributed by atoms with van der Waals surface area (Å²) in [5, 5.41) is 0.841. The number of pyridine rings is 1. The number of methoxy groups -OCH3 is 1. The van der Waals surface area contributed by atoms with Gasteiger partial charge in [0.15, 0.2) is 5.75 Å². The molecule has 2 heterocycles. The summed E-state index contributed by atoms with van der Waals surface area (Å²) in [7, 11) is 1.36. The van der Waals surface area contributed by atoms with Crippen LogP contribution in [0.2, 0.25) is 0 Å². The van der Waals surface area contributed by atoms with Gasteiger partial charge in [-0.1, -0.05) is 24.8 Å². The first kappa shape index (κ1) is 14.3. The number of fused-ring (bicyclic) bond motifs is 1. The molecule has 0 aliphatic carbocycles. The third-order valence-electron chi connectivity index (χ3n) is 3.14. The molecule has 0 aliphatic heterocycles. The van der Waals surface area contributed by atoms with Crippen molar-refractivity contribution in [3.63, 3.8) is 0 Å². The van der Waals surface area contributed by atoms with Gasteiger partial charge >= 0.3 is 5.97 Å². The fourth-order valence-corrected chi connectivity index (χ4v) is 2.98. The van der Waals surface area contributed by atoms with Crippen molar-refractivity contribution in [2.75, 3.05) is 7.11 Å². The minimum Gasteiger partial charge on any atom is -0.465 e. The second-order valence-corrected chi connectivity index (χ2v) is 5.61. The van der Waals surface area contributed by atoms with E-state index in [1.807, 2.05) is 24.3 Å². The first-order valence-corrected chi connectivity index (χ1v) is 7.39. The maximum Gasteiger partial charge on any atom is 0.348 e. The molecule has 22 heavy (non-hydrogen) atoms. The first-order valence-electron chi connectivity index (χ1n) is 6.57. The number of carbonyl (C=O) groups is 1. The molecule has 0 atom stereocenters. The third kappa shape index (κ3) is 2.71. The average molecular weight is 311 g/mol. The molecule has 0 saturated carbocycles. The Morgan fingerprint density at radius 2 is 2.05 bits per heavy atom. The van der Waals surface area contributed by atoms with Gasteiger partial charge in [-0.15, -0.1) is 11.3 Å². The number of hydrogen-bond acceptors (Lipinski definition) is 5. The van der Waals surface area contributed by atoms with E-state index in [0.29, 0.717) is 16.4 Å². The number of rotatable bonds is 4. The van der Waals surface area contributed by atoms with Crippen LogP contribution < -0.4 is 4.74 Å². The van der Waals surface area contributed by atoms with E-state index in [2.05, 4.69) is 11.6 Å². The van der Waals surface area contributed by atoms with E-state index >= 15 is 0 Å². The van der Waals surface area contributed by atoms with Crippen LogP contribution in [0.5, 0.6) is 11.5 Å². The quantitative estimate of drug-likeness (QED) is 0.665. The minimum absolute atomic E-state index is 0.359. The molecule has 0 bridgehead atoms. The van der Waals surface area contributed by atoms with Crippen LogP contribution in [0.15, 0.2) is 49.3 Å². The summed E-state index contributed by atoms with van der Waals surface area (Å²) in [6, 6.07) is 9.33. The van der Waals surface area contributed by atoms with E-state index in [4.69, 9.17) is 9.47 Å². The Bertz CT molecular complexity index is 837. The van der Waals surface area contributed by atoms with Crippen LogP contribution in [0.25, 0.3) is 16.2 Å². The van der Waals surface area contributed by atoms with Crippen molar-refractivity contribution in [2.24, 2.45) is 0 Å². The van der Waals surface area contributed by atoms with Gasteiger partial charge in [-0.2, -0.15) is 0 Å². The smallest absolute Gasteiger partial charge is 0.348 e. The molecule has 0 saturated heterocycles. The van der Waals surface area contributed by atoms with Gasteiger partial charge in [0.1, 0.15) is 10.6 Å². The Balaban J connectivity index is 1.97. The van der Waals surface area contributed by atoms with Crippen LogP contribution in [0.4, 0.5) is 0 Å². The zero-order chi connectivity index (χ0) is 15.5. The number of thiophene rings is 1. The lowest BCUT2D eigenvalue weighted by Crippen LogP contribution is -1.96. The van der Waals surface area contributed by atoms with Crippen molar-refractivity contribution >= 4 is 33.5 Å². The molecular formula is C17H13NO3S. The van der Waals surface area contributed by atoms with Crippen molar-refractivity contribution in [1.82, 2.24) is 4.98 Å². The van der Waals surface area contributed by atoms with Gasteiger partial charge in [0, 0.05) is 11.6 Å². The van der Waals surface area contributed by atoms with E-state index in [1.54, 1.807) is 24.5 Å². The molecule has 1 aromatic carbocycles. The van der Waals surface area contributed by atoms with Gasteiger partial charge in [0.25, 0.3) is 0 Å². The second-order valence-electron chi connectivity index (χ2n) is 4.53. The standard InChI is InChI=1S/C17H13NO3S/c1-3-11-4-6-12(7-5-11)21-14-9-18-10-16-13(14)8-15(22-16)17(19)20-2/h3-10H,1H2,2H3. The highest BCUT2D eigenvalue weighted by atomic mass is 32.1. The molecule has 0 fully saturated rings. The van der Waals surface area contributed by atoms with Crippen molar-refractivity contribution in [1.29, 1.82) is 0 Å². The van der Waals surface area contributed by atoms with E-state index in [9.17, 15) is 4.79 Å². The van der Waals surface area contributed by atoms with Crippen molar-refractivity contribution in [2.45, 2.75) is 0 Å². The monoisotopic (exact) mass is 311 g/mol. The Labute approximate surface area is 131 Å². The SMILES string of the molecule is C=Cc1ccc(Oc2cncc3sc(C(=O)OC)cc23)cc1. The number of esters is 1. The molecule has 0 aliphatic rings. The van der Waals surface area contributed by atoms with Crippen molar-refractivity contribution in [3.05, 3.63) is 59.7 Å². The van der Waals surface area contributed by atoms with Gasteiger partial charge in [-0.05, 0) is 23.8 Å². The number of carbonyl (C=O) groups excluding carboxylic acids is 1. The molecule has 5 heteroatoms. The normalized spacial score (nSPS) is 10.4. The summed E-state index contributed by atoms with van der Waals surface area (Å²) >= 11 is 1.33. The maximum atomic E-state index is 11.6. The maximum absolute atomic E-state index is 11.6. The fraction of sp³-hybridized carbons (Fsp3) is 0.0588. The number of hydrogen-bond donors (Lipinski definition) is 0. The molecule has 0 spiro atoms. The molecular weight excluding hydrogens is 298 g/mol. The predicted molar refractivity (Wildman–Crippen MR) is 87.6 cm³/mol. The predicted octanol–water partition coefficient (Wildman–Crippen LogP) is 4.52. The summed E-state index contributed by atoms with van der Waals surface area (Å²) in [6.07, 6.45) is 5.12. The summed E-state index contributed by atoms with van der Waals surface area (Å²) < 4.78 is 11.5. The van der Waals surface area contributed by atoms with Gasteiger partial charge in [0.05, 0.1) is 18.0 Å². The Morgan fingerprint density at radius 1 is 1.27 bits per heavy atom. The average Bonchev–Trinajstić information content (AvgIpc) is 3.00. The molecule has 0 unspecified atom stereocenters. The summed E-state index contributed by atoms with van der Waals surface area (Å²) in [4.78, 5) is 16.3. The van der Waals surface area contributed by atoms with E-state index in [0.717, 1.165) is 15.6 Å². The van der Waals surface area contributed by atoms with Gasteiger partial charge in [0.2, 0.25) is 0 Å². The van der Waals surface area contributed by atoms with Crippen LogP contribution in [-0.4, -0.2) is 18.1 Å². The van der Waals surface area contributed by atoms with Gasteiger partial charge in [-0.3, -0.25) is 4.98 Å². The van der Waals surface area contributed by atoms with Crippen molar-refractivity contribution in [3.8, 4) is 11.5 Å². The van der Waals surface area contributed by atoms with Crippen LogP contribution in [-0.2, 0) is 4.74 Å². The highest BCUT2D eigenvalue weighted by molar-refractivity contribution is 7.20. The summed E-state index contributed by atoms with van der Waals surface area (Å²) in [6.45, 7) is 3.72. The molecule has 3 rings (SSSR count). The van der Waals surface area contributed by atoms with E-state index in [1.165, 1.54) is 18.4 Å². The molecule has 0 N–H and O–H groups in total. The molecule has 0 radical (unpaired) electrons. The number of ether oxygens (including phenoxy) is 2. The van der Waals surface area contributed by atoms with Crippen LogP contribution in [0.3, 0.4) is 0 Å². The Kier molecular flexibility index (Phi) is 3.89. The Morgan fingerprint density at radius 3 is 2.73 bits per heavy atom. The lowest BCUT2D eigenvalue weighted by molar-refractivity contribution is 0.0606. The summed E-state index contributed by atoms with van der Waals surface area (Å²) in [5.74, 6) is 0.948. The van der Waals surface area contributed by atoms with Crippen molar-refractivity contribution < 1.29 is 14.3 Å². The number of benzene rings is 1. The third-order valence-corrected chi connectivity index (χ3v) is 4.19. The molecule has 0 amide bonds. The molecule has 2 aromatic heterocycles. The highest BCUT2D eigenvalue weighted by Crippen LogP contribution is 2.34. The van der Waals surface area contributed by atoms with Gasteiger partial charge in [-0.25, -0.2) is 4.79 Å². The highest BCUT2D eigenvalue weighted by Gasteiger charge is 2.14. The molecule has 110 valence electrons. The number of nitrogens with zero attached hydrogens (tertiary/aromatic N) is 1. The van der Waals surface area contributed by atoms with Crippen LogP contribution in [0, 0.1) is 0 Å². The Hall–Kier alpha value is -2.66. The largest absolute Gasteiger partial charge is 0.465 e. The van der Waals surface area contributed by atoms with E-state index < -0.39 is 0 Å². The van der Waals surface area contributed by atoms with E-state index in [-0.39, 0.29) is 5.97 Å². The lowest BCUT2D eigenvalue weighted by Gasteiger charge is -2.06. The van der Waals surface area contributed by atoms with Crippen LogP contribution in [0.1, 0.15) is 15.2 Å². The zero-order valence-electron chi connectivity index (χ0n) is 11.9. The lowest BCUT2D eigenvalue weighted by atomic mass is 10.2. The topological polar surface area (TPSA) is 48.4 Å². The minimum atomic E-state index is -0.359. The molecule has 3 aromatic rings. The zero-order valence-corrected chi connectivity index (χ0v) is 12.7. The fourth-order valence-electron chi connectivity index (χ4n) is 2.02. The second kappa shape index (κ2) is 5.99.